The maximum absolute atomic E-state index is 10.8. The van der Waals surface area contributed by atoms with Gasteiger partial charge in [0.25, 0.3) is 0 Å². The Morgan fingerprint density at radius 3 is 1.76 bits per heavy atom. The Kier molecular flexibility index (Phi) is 21.1. The van der Waals surface area contributed by atoms with E-state index in [1.807, 2.05) is 6.92 Å². The first-order chi connectivity index (χ1) is 11.8. The molecule has 25 heavy (non-hydrogen) atoms. The first-order valence-electron chi connectivity index (χ1n) is 10.1. The number of hydrogen-bond acceptors (Lipinski definition) is 2. The van der Waals surface area contributed by atoms with Crippen LogP contribution >= 0.6 is 11.6 Å². The highest BCUT2D eigenvalue weighted by Gasteiger charge is 2.05. The van der Waals surface area contributed by atoms with Crippen molar-refractivity contribution in [3.8, 4) is 0 Å². The fourth-order valence-corrected chi connectivity index (χ4v) is 2.38. The highest BCUT2D eigenvalue weighted by atomic mass is 35.5. The summed E-state index contributed by atoms with van der Waals surface area (Å²) in [7, 11) is 4.32. The largest absolute Gasteiger partial charge is 0.336 e. The van der Waals surface area contributed by atoms with Crippen molar-refractivity contribution in [2.24, 2.45) is 0 Å². The van der Waals surface area contributed by atoms with E-state index in [4.69, 9.17) is 11.6 Å². The SMILES string of the molecule is C=C(C)C(=O)NC(Cl)CC.CCCCCCCCCCCCN(C)C. The van der Waals surface area contributed by atoms with Crippen molar-refractivity contribution in [1.29, 1.82) is 0 Å². The van der Waals surface area contributed by atoms with Crippen molar-refractivity contribution in [3.05, 3.63) is 12.2 Å². The van der Waals surface area contributed by atoms with Gasteiger partial charge in [-0.3, -0.25) is 4.79 Å². The van der Waals surface area contributed by atoms with Gasteiger partial charge < -0.3 is 10.2 Å². The number of nitrogens with one attached hydrogen (secondary N) is 1. The van der Waals surface area contributed by atoms with Crippen LogP contribution in [0.2, 0.25) is 0 Å². The molecule has 0 aromatic rings. The van der Waals surface area contributed by atoms with Crippen molar-refractivity contribution in [1.82, 2.24) is 10.2 Å². The number of amides is 1. The molecule has 0 aliphatic rings. The topological polar surface area (TPSA) is 32.3 Å². The lowest BCUT2D eigenvalue weighted by atomic mass is 10.1. The predicted molar refractivity (Wildman–Crippen MR) is 113 cm³/mol. The highest BCUT2D eigenvalue weighted by molar-refractivity contribution is 6.21. The van der Waals surface area contributed by atoms with Crippen LogP contribution in [0, 0.1) is 0 Å². The minimum Gasteiger partial charge on any atom is -0.336 e. The van der Waals surface area contributed by atoms with Crippen molar-refractivity contribution in [3.63, 3.8) is 0 Å². The van der Waals surface area contributed by atoms with Gasteiger partial charge in [-0.15, -0.1) is 0 Å². The molecule has 0 saturated carbocycles. The van der Waals surface area contributed by atoms with Crippen LogP contribution in [-0.2, 0) is 4.79 Å². The number of nitrogens with zero attached hydrogens (tertiary/aromatic N) is 1. The van der Waals surface area contributed by atoms with Gasteiger partial charge in [0, 0.05) is 5.57 Å². The summed E-state index contributed by atoms with van der Waals surface area (Å²) >= 11 is 5.63. The Morgan fingerprint density at radius 2 is 1.40 bits per heavy atom. The summed E-state index contributed by atoms with van der Waals surface area (Å²) in [5, 5.41) is 2.56. The standard InChI is InChI=1S/C14H31N.C7H12ClNO/c1-4-5-6-7-8-9-10-11-12-13-14-15(2)3;1-4-6(8)9-7(10)5(2)3/h4-14H2,1-3H3;6H,2,4H2,1,3H3,(H,9,10). The normalized spacial score (nSPS) is 11.6. The smallest absolute Gasteiger partial charge is 0.247 e. The van der Waals surface area contributed by atoms with E-state index in [0.29, 0.717) is 5.57 Å². The molecule has 4 heteroatoms. The van der Waals surface area contributed by atoms with Gasteiger partial charge in [0.15, 0.2) is 0 Å². The van der Waals surface area contributed by atoms with E-state index in [1.54, 1.807) is 6.92 Å². The van der Waals surface area contributed by atoms with E-state index >= 15 is 0 Å². The zero-order valence-corrected chi connectivity index (χ0v) is 18.3. The third-order valence-electron chi connectivity index (χ3n) is 3.99. The lowest BCUT2D eigenvalue weighted by molar-refractivity contribution is -0.117. The Balaban J connectivity index is 0. The Labute approximate surface area is 162 Å². The summed E-state index contributed by atoms with van der Waals surface area (Å²) in [6, 6.07) is 0. The molecule has 0 aromatic heterocycles. The molecule has 1 atom stereocenters. The lowest BCUT2D eigenvalue weighted by Crippen LogP contribution is -2.30. The Bertz CT molecular complexity index is 319. The molecule has 0 aromatic carbocycles. The fourth-order valence-electron chi connectivity index (χ4n) is 2.28. The molecule has 0 aliphatic carbocycles. The zero-order valence-electron chi connectivity index (χ0n) is 17.5. The molecule has 3 nitrogen and oxygen atoms in total. The van der Waals surface area contributed by atoms with E-state index in [9.17, 15) is 4.79 Å². The molecule has 0 heterocycles. The molecule has 0 aliphatic heterocycles. The van der Waals surface area contributed by atoms with E-state index in [-0.39, 0.29) is 11.4 Å². The summed E-state index contributed by atoms with van der Waals surface area (Å²) < 4.78 is 0. The van der Waals surface area contributed by atoms with Crippen LogP contribution in [0.5, 0.6) is 0 Å². The molecular weight excluding hydrogens is 332 g/mol. The fraction of sp³-hybridized carbons (Fsp3) is 0.857. The quantitative estimate of drug-likeness (QED) is 0.172. The Morgan fingerprint density at radius 1 is 0.960 bits per heavy atom. The number of hydrogen-bond donors (Lipinski definition) is 1. The first-order valence-corrected chi connectivity index (χ1v) is 10.5. The van der Waals surface area contributed by atoms with E-state index < -0.39 is 0 Å². The molecule has 0 saturated heterocycles. The van der Waals surface area contributed by atoms with Gasteiger partial charge in [0.05, 0.1) is 0 Å². The van der Waals surface area contributed by atoms with Crippen LogP contribution in [0.4, 0.5) is 0 Å². The van der Waals surface area contributed by atoms with Crippen molar-refractivity contribution >= 4 is 17.5 Å². The van der Waals surface area contributed by atoms with E-state index in [0.717, 1.165) is 6.42 Å². The summed E-state index contributed by atoms with van der Waals surface area (Å²) in [5.41, 5.74) is 0.211. The van der Waals surface area contributed by atoms with Gasteiger partial charge in [-0.05, 0) is 40.4 Å². The molecule has 0 bridgehead atoms. The van der Waals surface area contributed by atoms with Crippen molar-refractivity contribution in [2.75, 3.05) is 20.6 Å². The number of carbonyl (C=O) groups is 1. The molecule has 1 N–H and O–H groups in total. The maximum atomic E-state index is 10.8. The number of carbonyl (C=O) groups excluding carboxylic acids is 1. The van der Waals surface area contributed by atoms with Crippen LogP contribution < -0.4 is 5.32 Å². The minimum absolute atomic E-state index is 0.179. The predicted octanol–water partition coefficient (Wildman–Crippen LogP) is 6.12. The molecule has 0 spiro atoms. The molecule has 1 amide bonds. The number of halogens is 1. The average Bonchev–Trinajstić information content (AvgIpc) is 2.56. The third-order valence-corrected chi connectivity index (χ3v) is 4.41. The molecule has 0 rings (SSSR count). The number of unbranched alkanes of at least 4 members (excludes halogenated alkanes) is 9. The molecule has 0 radical (unpaired) electrons. The van der Waals surface area contributed by atoms with Crippen LogP contribution in [0.3, 0.4) is 0 Å². The highest BCUT2D eigenvalue weighted by Crippen LogP contribution is 2.10. The lowest BCUT2D eigenvalue weighted by Gasteiger charge is -2.08. The molecule has 0 fully saturated rings. The summed E-state index contributed by atoms with van der Waals surface area (Å²) in [5.74, 6) is -0.179. The van der Waals surface area contributed by atoms with Crippen LogP contribution in [0.15, 0.2) is 12.2 Å². The number of rotatable bonds is 14. The summed E-state index contributed by atoms with van der Waals surface area (Å²) in [4.78, 5) is 13.1. The van der Waals surface area contributed by atoms with Gasteiger partial charge in [-0.25, -0.2) is 0 Å². The molecule has 1 unspecified atom stereocenters. The Hall–Kier alpha value is -0.540. The van der Waals surface area contributed by atoms with E-state index in [2.05, 4.69) is 37.8 Å². The van der Waals surface area contributed by atoms with E-state index in [1.165, 1.54) is 70.8 Å². The monoisotopic (exact) mass is 374 g/mol. The second-order valence-electron chi connectivity index (χ2n) is 7.11. The second-order valence-corrected chi connectivity index (χ2v) is 7.64. The molecule has 150 valence electrons. The third kappa shape index (κ3) is 23.5. The molecular formula is C21H43ClN2O. The maximum Gasteiger partial charge on any atom is 0.247 e. The van der Waals surface area contributed by atoms with Gasteiger partial charge in [-0.2, -0.15) is 0 Å². The van der Waals surface area contributed by atoms with Gasteiger partial charge in [0.2, 0.25) is 5.91 Å². The van der Waals surface area contributed by atoms with Crippen LogP contribution in [-0.4, -0.2) is 36.9 Å². The second kappa shape index (κ2) is 19.8. The average molecular weight is 375 g/mol. The van der Waals surface area contributed by atoms with Crippen molar-refractivity contribution < 1.29 is 4.79 Å². The minimum atomic E-state index is -0.274. The van der Waals surface area contributed by atoms with Gasteiger partial charge in [0.1, 0.15) is 5.50 Å². The number of alkyl halides is 1. The van der Waals surface area contributed by atoms with Gasteiger partial charge in [-0.1, -0.05) is 89.8 Å². The zero-order chi connectivity index (χ0) is 19.5. The van der Waals surface area contributed by atoms with Gasteiger partial charge >= 0.3 is 0 Å². The first kappa shape index (κ1) is 26.7. The summed E-state index contributed by atoms with van der Waals surface area (Å²) in [6.07, 6.45) is 15.1. The van der Waals surface area contributed by atoms with Crippen LogP contribution in [0.25, 0.3) is 0 Å². The van der Waals surface area contributed by atoms with Crippen molar-refractivity contribution in [2.45, 2.75) is 96.9 Å². The van der Waals surface area contributed by atoms with Crippen LogP contribution in [0.1, 0.15) is 91.4 Å². The summed E-state index contributed by atoms with van der Waals surface area (Å²) in [6.45, 7) is 10.6.